The van der Waals surface area contributed by atoms with E-state index >= 15 is 0 Å². The molecular weight excluding hydrogens is 324 g/mol. The molecule has 0 aliphatic rings. The van der Waals surface area contributed by atoms with E-state index in [0.717, 1.165) is 17.0 Å². The highest BCUT2D eigenvalue weighted by Crippen LogP contribution is 2.18. The first-order chi connectivity index (χ1) is 11.7. The van der Waals surface area contributed by atoms with Crippen molar-refractivity contribution >= 4 is 17.4 Å². The van der Waals surface area contributed by atoms with Gasteiger partial charge < -0.3 is 4.74 Å². The standard InChI is InChI=1S/C19H16ClN2O2/c1-24-17-8-4-15(5-9-17)19(23)12-22-11-10-18(21-13-22)14-2-6-16(20)7-3-14/h2-11,13H,12H2,1H3/q+1. The highest BCUT2D eigenvalue weighted by molar-refractivity contribution is 6.30. The number of hydrogen-bond donors (Lipinski definition) is 0. The molecule has 0 saturated heterocycles. The zero-order chi connectivity index (χ0) is 16.9. The third-order valence-electron chi connectivity index (χ3n) is 3.65. The number of methoxy groups -OCH3 is 1. The third kappa shape index (κ3) is 3.78. The SMILES string of the molecule is COc1ccc(C(=O)C[n+]2ccc(-c3ccc(Cl)cc3)nc2)cc1. The Bertz CT molecular complexity index is 829. The van der Waals surface area contributed by atoms with E-state index in [4.69, 9.17) is 16.3 Å². The van der Waals surface area contributed by atoms with Crippen molar-refractivity contribution < 1.29 is 14.1 Å². The van der Waals surface area contributed by atoms with Crippen LogP contribution in [0.15, 0.2) is 67.1 Å². The smallest absolute Gasteiger partial charge is 0.287 e. The van der Waals surface area contributed by atoms with Crippen LogP contribution in [0, 0.1) is 0 Å². The van der Waals surface area contributed by atoms with Crippen LogP contribution < -0.4 is 9.30 Å². The van der Waals surface area contributed by atoms with Gasteiger partial charge in [0.25, 0.3) is 6.33 Å². The van der Waals surface area contributed by atoms with Gasteiger partial charge >= 0.3 is 0 Å². The first-order valence-electron chi connectivity index (χ1n) is 7.44. The molecule has 0 spiro atoms. The molecule has 4 nitrogen and oxygen atoms in total. The van der Waals surface area contributed by atoms with Crippen LogP contribution >= 0.6 is 11.6 Å². The topological polar surface area (TPSA) is 43.1 Å². The third-order valence-corrected chi connectivity index (χ3v) is 3.90. The average molecular weight is 340 g/mol. The Morgan fingerprint density at radius 2 is 1.79 bits per heavy atom. The first-order valence-corrected chi connectivity index (χ1v) is 7.82. The number of carbonyl (C=O) groups excluding carboxylic acids is 1. The highest BCUT2D eigenvalue weighted by atomic mass is 35.5. The van der Waals surface area contributed by atoms with Gasteiger partial charge in [0.05, 0.1) is 13.3 Å². The zero-order valence-electron chi connectivity index (χ0n) is 13.1. The number of halogens is 1. The lowest BCUT2D eigenvalue weighted by molar-refractivity contribution is -0.686. The predicted molar refractivity (Wildman–Crippen MR) is 92.2 cm³/mol. The van der Waals surface area contributed by atoms with Gasteiger partial charge in [0.15, 0.2) is 12.2 Å². The zero-order valence-corrected chi connectivity index (χ0v) is 13.9. The van der Waals surface area contributed by atoms with Gasteiger partial charge in [-0.3, -0.25) is 4.79 Å². The summed E-state index contributed by atoms with van der Waals surface area (Å²) in [4.78, 5) is 16.7. The number of ether oxygens (including phenoxy) is 1. The molecule has 0 saturated carbocycles. The Hall–Kier alpha value is -2.72. The minimum Gasteiger partial charge on any atom is -0.497 e. The van der Waals surface area contributed by atoms with Crippen LogP contribution in [0.25, 0.3) is 11.3 Å². The van der Waals surface area contributed by atoms with Crippen molar-refractivity contribution in [1.82, 2.24) is 4.98 Å². The number of ketones is 1. The van der Waals surface area contributed by atoms with Crippen LogP contribution in [-0.2, 0) is 6.54 Å². The van der Waals surface area contributed by atoms with Crippen molar-refractivity contribution in [2.45, 2.75) is 6.54 Å². The summed E-state index contributed by atoms with van der Waals surface area (Å²) in [6.07, 6.45) is 3.50. The number of hydrogen-bond acceptors (Lipinski definition) is 3. The maximum absolute atomic E-state index is 12.3. The molecule has 0 unspecified atom stereocenters. The summed E-state index contributed by atoms with van der Waals surface area (Å²) >= 11 is 5.89. The summed E-state index contributed by atoms with van der Waals surface area (Å²) in [5, 5.41) is 0.690. The number of aromatic nitrogens is 2. The summed E-state index contributed by atoms with van der Waals surface area (Å²) in [6.45, 7) is 0.236. The molecule has 120 valence electrons. The first kappa shape index (κ1) is 16.1. The van der Waals surface area contributed by atoms with Crippen molar-refractivity contribution in [2.24, 2.45) is 0 Å². The van der Waals surface area contributed by atoms with E-state index in [9.17, 15) is 4.79 Å². The van der Waals surface area contributed by atoms with Crippen LogP contribution in [0.5, 0.6) is 5.75 Å². The molecule has 0 amide bonds. The lowest BCUT2D eigenvalue weighted by atomic mass is 10.1. The molecule has 0 fully saturated rings. The Morgan fingerprint density at radius 1 is 1.08 bits per heavy atom. The van der Waals surface area contributed by atoms with Gasteiger partial charge in [-0.05, 0) is 53.5 Å². The van der Waals surface area contributed by atoms with Crippen molar-refractivity contribution in [1.29, 1.82) is 0 Å². The van der Waals surface area contributed by atoms with E-state index in [0.29, 0.717) is 10.6 Å². The molecule has 0 atom stereocenters. The molecule has 0 aliphatic carbocycles. The number of benzene rings is 2. The molecule has 2 aromatic carbocycles. The predicted octanol–water partition coefficient (Wildman–Crippen LogP) is 3.58. The van der Waals surface area contributed by atoms with E-state index in [-0.39, 0.29) is 12.3 Å². The molecule has 24 heavy (non-hydrogen) atoms. The molecule has 0 N–H and O–H groups in total. The monoisotopic (exact) mass is 339 g/mol. The minimum absolute atomic E-state index is 0.0173. The summed E-state index contributed by atoms with van der Waals surface area (Å²) in [6, 6.07) is 16.4. The summed E-state index contributed by atoms with van der Waals surface area (Å²) in [7, 11) is 1.60. The van der Waals surface area contributed by atoms with E-state index in [1.165, 1.54) is 0 Å². The van der Waals surface area contributed by atoms with Crippen molar-refractivity contribution in [2.75, 3.05) is 7.11 Å². The van der Waals surface area contributed by atoms with Crippen molar-refractivity contribution in [3.63, 3.8) is 0 Å². The Labute approximate surface area is 145 Å². The fourth-order valence-electron chi connectivity index (χ4n) is 2.30. The normalized spacial score (nSPS) is 10.4. The van der Waals surface area contributed by atoms with E-state index in [1.54, 1.807) is 42.3 Å². The molecule has 3 rings (SSSR count). The lowest BCUT2D eigenvalue weighted by Crippen LogP contribution is -2.37. The largest absolute Gasteiger partial charge is 0.497 e. The molecule has 0 bridgehead atoms. The summed E-state index contributed by atoms with van der Waals surface area (Å²) in [5.41, 5.74) is 2.46. The molecule has 1 aromatic heterocycles. The lowest BCUT2D eigenvalue weighted by Gasteiger charge is -2.02. The number of carbonyl (C=O) groups is 1. The fraction of sp³-hybridized carbons (Fsp3) is 0.105. The molecule has 5 heteroatoms. The summed E-state index contributed by atoms with van der Waals surface area (Å²) < 4.78 is 6.85. The second kappa shape index (κ2) is 7.23. The van der Waals surface area contributed by atoms with Crippen LogP contribution in [-0.4, -0.2) is 17.9 Å². The van der Waals surface area contributed by atoms with Gasteiger partial charge in [0, 0.05) is 22.2 Å². The Morgan fingerprint density at radius 3 is 2.38 bits per heavy atom. The van der Waals surface area contributed by atoms with E-state index in [1.807, 2.05) is 36.5 Å². The van der Waals surface area contributed by atoms with E-state index < -0.39 is 0 Å². The Balaban J connectivity index is 1.71. The van der Waals surface area contributed by atoms with Gasteiger partial charge in [-0.1, -0.05) is 11.6 Å². The van der Waals surface area contributed by atoms with E-state index in [2.05, 4.69) is 4.98 Å². The van der Waals surface area contributed by atoms with Gasteiger partial charge in [0.2, 0.25) is 5.78 Å². The summed E-state index contributed by atoms with van der Waals surface area (Å²) in [5.74, 6) is 0.747. The maximum Gasteiger partial charge on any atom is 0.287 e. The number of nitrogens with zero attached hydrogens (tertiary/aromatic N) is 2. The molecule has 1 heterocycles. The van der Waals surface area contributed by atoms with Gasteiger partial charge in [-0.2, -0.15) is 0 Å². The van der Waals surface area contributed by atoms with Gasteiger partial charge in [-0.15, -0.1) is 0 Å². The number of Topliss-reactive ketones (excluding diaryl/α,β-unsaturated/α-hetero) is 1. The van der Waals surface area contributed by atoms with Crippen LogP contribution in [0.2, 0.25) is 5.02 Å². The number of rotatable bonds is 5. The molecule has 0 aliphatic heterocycles. The highest BCUT2D eigenvalue weighted by Gasteiger charge is 2.12. The van der Waals surface area contributed by atoms with Crippen LogP contribution in [0.4, 0.5) is 0 Å². The van der Waals surface area contributed by atoms with Gasteiger partial charge in [0.1, 0.15) is 5.75 Å². The van der Waals surface area contributed by atoms with Crippen molar-refractivity contribution in [3.05, 3.63) is 77.7 Å². The average Bonchev–Trinajstić information content (AvgIpc) is 2.63. The van der Waals surface area contributed by atoms with Crippen LogP contribution in [0.1, 0.15) is 10.4 Å². The Kier molecular flexibility index (Phi) is 4.87. The molecular formula is C19H16ClN2O2+. The second-order valence-corrected chi connectivity index (χ2v) is 5.71. The fourth-order valence-corrected chi connectivity index (χ4v) is 2.43. The maximum atomic E-state index is 12.3. The quantitative estimate of drug-likeness (QED) is 0.527. The van der Waals surface area contributed by atoms with Crippen molar-refractivity contribution in [3.8, 4) is 17.0 Å². The minimum atomic E-state index is 0.0173. The van der Waals surface area contributed by atoms with Gasteiger partial charge in [-0.25, -0.2) is 4.57 Å². The van der Waals surface area contributed by atoms with Crippen LogP contribution in [0.3, 0.4) is 0 Å². The second-order valence-electron chi connectivity index (χ2n) is 5.28. The molecule has 3 aromatic rings. The molecule has 0 radical (unpaired) electrons.